The molecular formula is C17H22F2N4O2S. The number of nitrogens with zero attached hydrogens (tertiary/aromatic N) is 4. The maximum Gasteiger partial charge on any atom is 0.333 e. The molecule has 0 bridgehead atoms. The van der Waals surface area contributed by atoms with Gasteiger partial charge in [0.05, 0.1) is 11.9 Å². The molecule has 9 heteroatoms. The van der Waals surface area contributed by atoms with E-state index < -0.39 is 16.6 Å². The molecule has 0 saturated carbocycles. The second-order valence-electron chi connectivity index (χ2n) is 6.49. The van der Waals surface area contributed by atoms with Crippen LogP contribution in [-0.4, -0.2) is 53.6 Å². The third-order valence-electron chi connectivity index (χ3n) is 4.62. The number of halogens is 2. The minimum Gasteiger partial charge on any atom is -0.296 e. The van der Waals surface area contributed by atoms with Crippen LogP contribution in [0.5, 0.6) is 0 Å². The van der Waals surface area contributed by atoms with Gasteiger partial charge in [-0.15, -0.1) is 0 Å². The first-order chi connectivity index (χ1) is 12.3. The second-order valence-corrected chi connectivity index (χ2v) is 8.39. The first-order valence-electron chi connectivity index (χ1n) is 8.39. The summed E-state index contributed by atoms with van der Waals surface area (Å²) in [6, 6.07) is 8.22. The molecule has 142 valence electrons. The predicted octanol–water partition coefficient (Wildman–Crippen LogP) is 2.40. The average Bonchev–Trinajstić information content (AvgIpc) is 2.98. The van der Waals surface area contributed by atoms with Crippen LogP contribution in [0.2, 0.25) is 0 Å². The molecule has 2 aromatic rings. The first kappa shape index (κ1) is 18.9. The van der Waals surface area contributed by atoms with Crippen LogP contribution in [0.1, 0.15) is 23.4 Å². The van der Waals surface area contributed by atoms with Crippen molar-refractivity contribution in [2.24, 2.45) is 0 Å². The van der Waals surface area contributed by atoms with Crippen molar-refractivity contribution in [3.63, 3.8) is 0 Å². The molecule has 1 aliphatic heterocycles. The fourth-order valence-electron chi connectivity index (χ4n) is 3.19. The molecule has 0 amide bonds. The number of hydrogen-bond acceptors (Lipinski definition) is 4. The normalized spacial score (nSPS) is 17.1. The number of rotatable bonds is 5. The Hall–Kier alpha value is -1.84. The van der Waals surface area contributed by atoms with Crippen molar-refractivity contribution in [3.8, 4) is 0 Å². The van der Waals surface area contributed by atoms with Gasteiger partial charge in [-0.3, -0.25) is 4.90 Å². The third kappa shape index (κ3) is 3.79. The molecule has 0 spiro atoms. The Morgan fingerprint density at radius 2 is 1.85 bits per heavy atom. The van der Waals surface area contributed by atoms with Gasteiger partial charge in [0, 0.05) is 32.7 Å². The van der Waals surface area contributed by atoms with Gasteiger partial charge in [0.25, 0.3) is 0 Å². The van der Waals surface area contributed by atoms with E-state index in [0.29, 0.717) is 30.9 Å². The number of aromatic nitrogens is 2. The smallest absolute Gasteiger partial charge is 0.296 e. The third-order valence-corrected chi connectivity index (χ3v) is 6.62. The molecule has 3 rings (SSSR count). The highest BCUT2D eigenvalue weighted by Gasteiger charge is 2.32. The van der Waals surface area contributed by atoms with Crippen LogP contribution >= 0.6 is 0 Å². The van der Waals surface area contributed by atoms with Crippen LogP contribution in [0, 0.1) is 13.8 Å². The highest BCUT2D eigenvalue weighted by molar-refractivity contribution is 7.89. The maximum atomic E-state index is 12.8. The van der Waals surface area contributed by atoms with Crippen molar-refractivity contribution in [1.29, 1.82) is 0 Å². The molecule has 0 radical (unpaired) electrons. The zero-order valence-electron chi connectivity index (χ0n) is 14.8. The second kappa shape index (κ2) is 7.42. The van der Waals surface area contributed by atoms with Gasteiger partial charge in [0.1, 0.15) is 4.90 Å². The van der Waals surface area contributed by atoms with Crippen molar-refractivity contribution in [2.45, 2.75) is 31.8 Å². The SMILES string of the molecule is Cc1cccc(CN2CCN(S(=O)(=O)c3cnn(C(F)F)c3C)CC2)c1. The average molecular weight is 384 g/mol. The highest BCUT2D eigenvalue weighted by Crippen LogP contribution is 2.24. The van der Waals surface area contributed by atoms with Crippen molar-refractivity contribution in [3.05, 3.63) is 47.3 Å². The van der Waals surface area contributed by atoms with E-state index in [4.69, 9.17) is 0 Å². The molecule has 0 N–H and O–H groups in total. The lowest BCUT2D eigenvalue weighted by Crippen LogP contribution is -2.48. The first-order valence-corrected chi connectivity index (χ1v) is 9.83. The molecule has 1 fully saturated rings. The predicted molar refractivity (Wildman–Crippen MR) is 93.4 cm³/mol. The summed E-state index contributed by atoms with van der Waals surface area (Å²) in [7, 11) is -3.82. The van der Waals surface area contributed by atoms with E-state index in [1.54, 1.807) is 0 Å². The molecule has 1 saturated heterocycles. The van der Waals surface area contributed by atoms with Gasteiger partial charge in [-0.2, -0.15) is 18.2 Å². The highest BCUT2D eigenvalue weighted by atomic mass is 32.2. The van der Waals surface area contributed by atoms with E-state index >= 15 is 0 Å². The summed E-state index contributed by atoms with van der Waals surface area (Å²) in [5.41, 5.74) is 2.34. The fraction of sp³-hybridized carbons (Fsp3) is 0.471. The molecule has 1 aliphatic rings. The standard InChI is InChI=1S/C17H22F2N4O2S/c1-13-4-3-5-15(10-13)12-21-6-8-22(9-7-21)26(24,25)16-11-20-23(14(16)2)17(18)19/h3-5,10-11,17H,6-9,12H2,1-2H3. The summed E-state index contributed by atoms with van der Waals surface area (Å²) in [5, 5.41) is 3.51. The lowest BCUT2D eigenvalue weighted by Gasteiger charge is -2.33. The molecule has 0 unspecified atom stereocenters. The number of hydrogen-bond donors (Lipinski definition) is 0. The van der Waals surface area contributed by atoms with Crippen LogP contribution in [0.15, 0.2) is 35.4 Å². The topological polar surface area (TPSA) is 58.4 Å². The lowest BCUT2D eigenvalue weighted by atomic mass is 10.1. The van der Waals surface area contributed by atoms with E-state index in [9.17, 15) is 17.2 Å². The minimum atomic E-state index is -3.82. The van der Waals surface area contributed by atoms with Gasteiger partial charge in [-0.1, -0.05) is 29.8 Å². The van der Waals surface area contributed by atoms with Crippen LogP contribution in [-0.2, 0) is 16.6 Å². The van der Waals surface area contributed by atoms with Gasteiger partial charge in [-0.05, 0) is 19.4 Å². The summed E-state index contributed by atoms with van der Waals surface area (Å²) in [4.78, 5) is 2.04. The monoisotopic (exact) mass is 384 g/mol. The van der Waals surface area contributed by atoms with Gasteiger partial charge in [0.15, 0.2) is 0 Å². The number of sulfonamides is 1. The molecule has 0 aliphatic carbocycles. The Morgan fingerprint density at radius 1 is 1.15 bits per heavy atom. The lowest BCUT2D eigenvalue weighted by molar-refractivity contribution is 0.0541. The summed E-state index contributed by atoms with van der Waals surface area (Å²) < 4.78 is 53.0. The zero-order chi connectivity index (χ0) is 18.9. The Kier molecular flexibility index (Phi) is 5.40. The molecule has 1 aromatic heterocycles. The molecule has 26 heavy (non-hydrogen) atoms. The van der Waals surface area contributed by atoms with Crippen molar-refractivity contribution in [2.75, 3.05) is 26.2 Å². The van der Waals surface area contributed by atoms with Crippen LogP contribution in [0.4, 0.5) is 8.78 Å². The zero-order valence-corrected chi connectivity index (χ0v) is 15.6. The Bertz CT molecular complexity index is 875. The van der Waals surface area contributed by atoms with Gasteiger partial charge in [-0.25, -0.2) is 13.1 Å². The summed E-state index contributed by atoms with van der Waals surface area (Å²) >= 11 is 0. The van der Waals surface area contributed by atoms with Crippen molar-refractivity contribution < 1.29 is 17.2 Å². The van der Waals surface area contributed by atoms with Crippen molar-refractivity contribution >= 4 is 10.0 Å². The van der Waals surface area contributed by atoms with Crippen molar-refractivity contribution in [1.82, 2.24) is 19.0 Å². The Labute approximate surface area is 152 Å². The number of alkyl halides is 2. The molecule has 2 heterocycles. The summed E-state index contributed by atoms with van der Waals surface area (Å²) in [6.07, 6.45) is 1.01. The number of benzene rings is 1. The quantitative estimate of drug-likeness (QED) is 0.794. The van der Waals surface area contributed by atoms with Gasteiger partial charge in [0.2, 0.25) is 10.0 Å². The van der Waals surface area contributed by atoms with E-state index in [0.717, 1.165) is 12.7 Å². The van der Waals surface area contributed by atoms with E-state index in [2.05, 4.69) is 22.1 Å². The fourth-order valence-corrected chi connectivity index (χ4v) is 4.76. The van der Waals surface area contributed by atoms with Crippen LogP contribution in [0.25, 0.3) is 0 Å². The minimum absolute atomic E-state index is 0.0396. The number of aryl methyl sites for hydroxylation is 1. The molecule has 1 aromatic carbocycles. The van der Waals surface area contributed by atoms with Gasteiger partial charge < -0.3 is 0 Å². The molecular weight excluding hydrogens is 362 g/mol. The number of piperazine rings is 1. The van der Waals surface area contributed by atoms with E-state index in [-0.39, 0.29) is 10.6 Å². The summed E-state index contributed by atoms with van der Waals surface area (Å²) in [6.45, 7) is 3.13. The van der Waals surface area contributed by atoms with Crippen LogP contribution in [0.3, 0.4) is 0 Å². The molecule has 6 nitrogen and oxygen atoms in total. The Balaban J connectivity index is 1.67. The van der Waals surface area contributed by atoms with E-state index in [1.807, 2.05) is 19.1 Å². The largest absolute Gasteiger partial charge is 0.333 e. The Morgan fingerprint density at radius 3 is 2.42 bits per heavy atom. The molecule has 0 atom stereocenters. The summed E-state index contributed by atoms with van der Waals surface area (Å²) in [5.74, 6) is 0. The van der Waals surface area contributed by atoms with E-state index in [1.165, 1.54) is 22.4 Å². The maximum absolute atomic E-state index is 12.8. The van der Waals surface area contributed by atoms with Crippen LogP contribution < -0.4 is 0 Å². The van der Waals surface area contributed by atoms with Gasteiger partial charge >= 0.3 is 6.55 Å².